The van der Waals surface area contributed by atoms with Gasteiger partial charge in [-0.3, -0.25) is 4.79 Å². The first kappa shape index (κ1) is 12.6. The van der Waals surface area contributed by atoms with Gasteiger partial charge in [0.1, 0.15) is 11.3 Å². The Morgan fingerprint density at radius 3 is 2.94 bits per heavy atom. The first-order chi connectivity index (χ1) is 8.72. The number of carbonyl (C=O) groups excluding carboxylic acids is 1. The second-order valence-corrected chi connectivity index (χ2v) is 4.14. The van der Waals surface area contributed by atoms with E-state index in [9.17, 15) is 4.79 Å². The predicted molar refractivity (Wildman–Crippen MR) is 69.3 cm³/mol. The molecule has 0 aliphatic rings. The van der Waals surface area contributed by atoms with Crippen molar-refractivity contribution in [3.63, 3.8) is 0 Å². The monoisotopic (exact) mass is 247 g/mol. The van der Waals surface area contributed by atoms with Gasteiger partial charge in [0.25, 0.3) is 0 Å². The average molecular weight is 247 g/mol. The molecule has 4 nitrogen and oxygen atoms in total. The van der Waals surface area contributed by atoms with Crippen LogP contribution in [0.1, 0.15) is 17.7 Å². The lowest BCUT2D eigenvalue weighted by Gasteiger charge is -2.03. The maximum absolute atomic E-state index is 11.0. The van der Waals surface area contributed by atoms with Crippen molar-refractivity contribution in [1.29, 1.82) is 0 Å². The molecule has 1 N–H and O–H groups in total. The van der Waals surface area contributed by atoms with E-state index >= 15 is 0 Å². The molecule has 96 valence electrons. The van der Waals surface area contributed by atoms with Crippen molar-refractivity contribution in [2.75, 3.05) is 13.7 Å². The zero-order chi connectivity index (χ0) is 13.0. The third kappa shape index (κ3) is 2.71. The van der Waals surface area contributed by atoms with Crippen LogP contribution in [0.3, 0.4) is 0 Å². The Bertz CT molecular complexity index is 545. The van der Waals surface area contributed by atoms with Gasteiger partial charge in [-0.2, -0.15) is 0 Å². The van der Waals surface area contributed by atoms with Crippen LogP contribution in [-0.4, -0.2) is 19.6 Å². The standard InChI is InChI=1S/C14H17NO3/c1-10-12(9-15-8-7-14(16)17-2)11-5-3-4-6-13(11)18-10/h3-6,15H,7-9H2,1-2H3. The van der Waals surface area contributed by atoms with Gasteiger partial charge in [0.2, 0.25) is 0 Å². The highest BCUT2D eigenvalue weighted by Crippen LogP contribution is 2.24. The molecule has 0 saturated carbocycles. The molecule has 2 aromatic rings. The third-order valence-corrected chi connectivity index (χ3v) is 2.94. The number of esters is 1. The first-order valence-corrected chi connectivity index (χ1v) is 5.97. The highest BCUT2D eigenvalue weighted by molar-refractivity contribution is 5.82. The Morgan fingerprint density at radius 1 is 1.39 bits per heavy atom. The van der Waals surface area contributed by atoms with E-state index in [1.54, 1.807) is 0 Å². The fourth-order valence-electron chi connectivity index (χ4n) is 1.95. The summed E-state index contributed by atoms with van der Waals surface area (Å²) in [5.41, 5.74) is 2.05. The summed E-state index contributed by atoms with van der Waals surface area (Å²) in [5.74, 6) is 0.720. The lowest BCUT2D eigenvalue weighted by Crippen LogP contribution is -2.18. The number of furan rings is 1. The summed E-state index contributed by atoms with van der Waals surface area (Å²) in [5, 5.41) is 4.35. The number of rotatable bonds is 5. The van der Waals surface area contributed by atoms with E-state index in [4.69, 9.17) is 4.42 Å². The van der Waals surface area contributed by atoms with Gasteiger partial charge in [0, 0.05) is 24.0 Å². The smallest absolute Gasteiger partial charge is 0.306 e. The van der Waals surface area contributed by atoms with Crippen LogP contribution in [0.5, 0.6) is 0 Å². The SMILES string of the molecule is COC(=O)CCNCc1c(C)oc2ccccc12. The Balaban J connectivity index is 1.99. The predicted octanol–water partition coefficient (Wildman–Crippen LogP) is 2.39. The summed E-state index contributed by atoms with van der Waals surface area (Å²) in [7, 11) is 1.40. The van der Waals surface area contributed by atoms with E-state index in [0.29, 0.717) is 19.5 Å². The van der Waals surface area contributed by atoms with E-state index in [0.717, 1.165) is 22.3 Å². The number of nitrogens with one attached hydrogen (secondary N) is 1. The fourth-order valence-corrected chi connectivity index (χ4v) is 1.95. The Labute approximate surface area is 106 Å². The second kappa shape index (κ2) is 5.69. The highest BCUT2D eigenvalue weighted by atomic mass is 16.5. The van der Waals surface area contributed by atoms with Crippen molar-refractivity contribution in [1.82, 2.24) is 5.32 Å². The minimum absolute atomic E-state index is 0.198. The molecule has 0 aliphatic carbocycles. The minimum Gasteiger partial charge on any atom is -0.469 e. The van der Waals surface area contributed by atoms with Crippen LogP contribution in [-0.2, 0) is 16.1 Å². The fraction of sp³-hybridized carbons (Fsp3) is 0.357. The molecule has 0 fully saturated rings. The molecule has 0 bridgehead atoms. The number of carbonyl (C=O) groups is 1. The third-order valence-electron chi connectivity index (χ3n) is 2.94. The summed E-state index contributed by atoms with van der Waals surface area (Å²) in [6.07, 6.45) is 0.380. The van der Waals surface area contributed by atoms with Crippen LogP contribution < -0.4 is 5.32 Å². The van der Waals surface area contributed by atoms with E-state index in [2.05, 4.69) is 10.1 Å². The molecule has 0 saturated heterocycles. The Kier molecular flexibility index (Phi) is 3.99. The topological polar surface area (TPSA) is 51.5 Å². The molecule has 0 amide bonds. The lowest BCUT2D eigenvalue weighted by molar-refractivity contribution is -0.140. The maximum Gasteiger partial charge on any atom is 0.306 e. The minimum atomic E-state index is -0.198. The van der Waals surface area contributed by atoms with Gasteiger partial charge in [-0.1, -0.05) is 18.2 Å². The van der Waals surface area contributed by atoms with Crippen LogP contribution in [0.4, 0.5) is 0 Å². The summed E-state index contributed by atoms with van der Waals surface area (Å²) in [6.45, 7) is 3.25. The summed E-state index contributed by atoms with van der Waals surface area (Å²) < 4.78 is 10.3. The number of fused-ring (bicyclic) bond motifs is 1. The molecule has 0 spiro atoms. The van der Waals surface area contributed by atoms with E-state index in [1.165, 1.54) is 7.11 Å². The highest BCUT2D eigenvalue weighted by Gasteiger charge is 2.09. The Hall–Kier alpha value is -1.81. The van der Waals surface area contributed by atoms with Gasteiger partial charge in [0.15, 0.2) is 0 Å². The van der Waals surface area contributed by atoms with Crippen LogP contribution in [0, 0.1) is 6.92 Å². The molecular formula is C14H17NO3. The molecule has 4 heteroatoms. The van der Waals surface area contributed by atoms with Gasteiger partial charge in [-0.25, -0.2) is 0 Å². The molecule has 2 rings (SSSR count). The van der Waals surface area contributed by atoms with Crippen molar-refractivity contribution >= 4 is 16.9 Å². The van der Waals surface area contributed by atoms with E-state index in [1.807, 2.05) is 31.2 Å². The van der Waals surface area contributed by atoms with Gasteiger partial charge in [0.05, 0.1) is 13.5 Å². The normalized spacial score (nSPS) is 10.8. The van der Waals surface area contributed by atoms with Gasteiger partial charge < -0.3 is 14.5 Å². The van der Waals surface area contributed by atoms with Crippen LogP contribution >= 0.6 is 0 Å². The summed E-state index contributed by atoms with van der Waals surface area (Å²) in [4.78, 5) is 11.0. The van der Waals surface area contributed by atoms with Crippen molar-refractivity contribution in [3.05, 3.63) is 35.6 Å². The number of methoxy groups -OCH3 is 1. The van der Waals surface area contributed by atoms with Gasteiger partial charge in [-0.15, -0.1) is 0 Å². The van der Waals surface area contributed by atoms with Crippen LogP contribution in [0.2, 0.25) is 0 Å². The average Bonchev–Trinajstić information content (AvgIpc) is 2.70. The number of benzene rings is 1. The second-order valence-electron chi connectivity index (χ2n) is 4.14. The van der Waals surface area contributed by atoms with E-state index < -0.39 is 0 Å². The molecule has 1 aromatic carbocycles. The molecule has 0 atom stereocenters. The molecule has 1 heterocycles. The zero-order valence-corrected chi connectivity index (χ0v) is 10.7. The summed E-state index contributed by atoms with van der Waals surface area (Å²) in [6, 6.07) is 7.96. The number of para-hydroxylation sites is 1. The summed E-state index contributed by atoms with van der Waals surface area (Å²) >= 11 is 0. The molecular weight excluding hydrogens is 230 g/mol. The van der Waals surface area contributed by atoms with Crippen LogP contribution in [0.15, 0.2) is 28.7 Å². The van der Waals surface area contributed by atoms with Gasteiger partial charge in [-0.05, 0) is 13.0 Å². The lowest BCUT2D eigenvalue weighted by atomic mass is 10.1. The molecule has 1 aromatic heterocycles. The van der Waals surface area contributed by atoms with Crippen molar-refractivity contribution < 1.29 is 13.9 Å². The largest absolute Gasteiger partial charge is 0.469 e. The first-order valence-electron chi connectivity index (χ1n) is 5.97. The van der Waals surface area contributed by atoms with Gasteiger partial charge >= 0.3 is 5.97 Å². The zero-order valence-electron chi connectivity index (χ0n) is 10.7. The van der Waals surface area contributed by atoms with Crippen LogP contribution in [0.25, 0.3) is 11.0 Å². The molecule has 18 heavy (non-hydrogen) atoms. The molecule has 0 unspecified atom stereocenters. The maximum atomic E-state index is 11.0. The van der Waals surface area contributed by atoms with Crippen molar-refractivity contribution in [2.45, 2.75) is 19.9 Å². The number of ether oxygens (including phenoxy) is 1. The molecule has 0 radical (unpaired) electrons. The number of hydrogen-bond donors (Lipinski definition) is 1. The number of hydrogen-bond acceptors (Lipinski definition) is 4. The number of aryl methyl sites for hydroxylation is 1. The van der Waals surface area contributed by atoms with E-state index in [-0.39, 0.29) is 5.97 Å². The Morgan fingerprint density at radius 2 is 2.17 bits per heavy atom. The quantitative estimate of drug-likeness (QED) is 0.651. The van der Waals surface area contributed by atoms with Crippen molar-refractivity contribution in [3.8, 4) is 0 Å². The van der Waals surface area contributed by atoms with Crippen molar-refractivity contribution in [2.24, 2.45) is 0 Å². The molecule has 0 aliphatic heterocycles.